The number of nitrogens with one attached hydrogen (secondary N) is 1. The summed E-state index contributed by atoms with van der Waals surface area (Å²) in [6.07, 6.45) is 3.62. The van der Waals surface area contributed by atoms with Gasteiger partial charge < -0.3 is 5.32 Å². The van der Waals surface area contributed by atoms with E-state index < -0.39 is 0 Å². The van der Waals surface area contributed by atoms with Crippen LogP contribution in [0.3, 0.4) is 0 Å². The molecule has 3 rings (SSSR count). The van der Waals surface area contributed by atoms with E-state index in [0.717, 1.165) is 6.54 Å². The van der Waals surface area contributed by atoms with Gasteiger partial charge in [0.05, 0.1) is 17.8 Å². The van der Waals surface area contributed by atoms with Crippen LogP contribution in [0.4, 0.5) is 5.82 Å². The van der Waals surface area contributed by atoms with Crippen molar-refractivity contribution in [2.24, 2.45) is 0 Å². The van der Waals surface area contributed by atoms with Crippen molar-refractivity contribution in [1.82, 2.24) is 19.6 Å². The van der Waals surface area contributed by atoms with Crippen LogP contribution in [0.15, 0.2) is 42.7 Å². The molecule has 1 N–H and O–H groups in total. The largest absolute Gasteiger partial charge is 0.305 e. The number of anilines is 1. The van der Waals surface area contributed by atoms with E-state index in [4.69, 9.17) is 0 Å². The van der Waals surface area contributed by atoms with Crippen molar-refractivity contribution in [3.8, 4) is 0 Å². The van der Waals surface area contributed by atoms with Crippen molar-refractivity contribution in [2.75, 3.05) is 5.32 Å². The number of benzene rings is 1. The number of nitrogens with zero attached hydrogens (tertiary/aromatic N) is 4. The Bertz CT molecular complexity index is 862. The van der Waals surface area contributed by atoms with Crippen LogP contribution in [-0.2, 0) is 13.1 Å². The van der Waals surface area contributed by atoms with Gasteiger partial charge in [0.25, 0.3) is 5.91 Å². The van der Waals surface area contributed by atoms with E-state index in [0.29, 0.717) is 23.6 Å². The summed E-state index contributed by atoms with van der Waals surface area (Å²) in [4.78, 5) is 12.4. The standard InChI is InChI=1S/C18H21N5O/c1-4-22-12-16(14(3)20-22)18(24)19-17-8-9-23(21-17)11-15-7-5-6-13(2)10-15/h5-10,12H,4,11H2,1-3H3,(H,19,21,24). The first-order valence-electron chi connectivity index (χ1n) is 7.99. The number of aromatic nitrogens is 4. The number of carbonyl (C=O) groups excluding carboxylic acids is 1. The smallest absolute Gasteiger partial charge is 0.260 e. The molecule has 2 aromatic heterocycles. The van der Waals surface area contributed by atoms with E-state index >= 15 is 0 Å². The first-order valence-corrected chi connectivity index (χ1v) is 7.99. The molecule has 124 valence electrons. The first kappa shape index (κ1) is 16.0. The molecule has 0 aliphatic heterocycles. The molecule has 0 aliphatic carbocycles. The summed E-state index contributed by atoms with van der Waals surface area (Å²) < 4.78 is 3.56. The highest BCUT2D eigenvalue weighted by atomic mass is 16.1. The second-order valence-corrected chi connectivity index (χ2v) is 5.83. The van der Waals surface area contributed by atoms with Crippen LogP contribution in [0, 0.1) is 13.8 Å². The molecule has 0 saturated carbocycles. The molecule has 0 unspecified atom stereocenters. The lowest BCUT2D eigenvalue weighted by Gasteiger charge is -2.03. The second kappa shape index (κ2) is 6.70. The summed E-state index contributed by atoms with van der Waals surface area (Å²) >= 11 is 0. The van der Waals surface area contributed by atoms with E-state index in [2.05, 4.69) is 40.6 Å². The van der Waals surface area contributed by atoms with Crippen molar-refractivity contribution < 1.29 is 4.79 Å². The van der Waals surface area contributed by atoms with Crippen LogP contribution < -0.4 is 5.32 Å². The average Bonchev–Trinajstić information content (AvgIpc) is 3.13. The van der Waals surface area contributed by atoms with Crippen LogP contribution in [0.25, 0.3) is 0 Å². The van der Waals surface area contributed by atoms with Gasteiger partial charge in [0.15, 0.2) is 5.82 Å². The molecule has 0 spiro atoms. The molecule has 0 bridgehead atoms. The summed E-state index contributed by atoms with van der Waals surface area (Å²) in [6.45, 7) is 7.29. The predicted octanol–water partition coefficient (Wildman–Crippen LogP) is 3.02. The highest BCUT2D eigenvalue weighted by Gasteiger charge is 2.14. The molecular formula is C18H21N5O. The number of carbonyl (C=O) groups is 1. The van der Waals surface area contributed by atoms with Gasteiger partial charge in [-0.25, -0.2) is 0 Å². The lowest BCUT2D eigenvalue weighted by atomic mass is 10.1. The number of amides is 1. The number of rotatable bonds is 5. The van der Waals surface area contributed by atoms with E-state index in [1.54, 1.807) is 16.9 Å². The third kappa shape index (κ3) is 3.53. The van der Waals surface area contributed by atoms with Gasteiger partial charge in [-0.3, -0.25) is 14.2 Å². The molecule has 0 saturated heterocycles. The van der Waals surface area contributed by atoms with Crippen molar-refractivity contribution in [3.05, 3.63) is 65.1 Å². The van der Waals surface area contributed by atoms with Gasteiger partial charge >= 0.3 is 0 Å². The summed E-state index contributed by atoms with van der Waals surface area (Å²) in [6, 6.07) is 10.1. The molecule has 2 heterocycles. The monoisotopic (exact) mass is 323 g/mol. The molecule has 0 radical (unpaired) electrons. The van der Waals surface area contributed by atoms with Crippen molar-refractivity contribution in [2.45, 2.75) is 33.9 Å². The molecule has 3 aromatic rings. The van der Waals surface area contributed by atoms with Gasteiger partial charge in [-0.15, -0.1) is 0 Å². The van der Waals surface area contributed by atoms with Gasteiger partial charge in [-0.2, -0.15) is 10.2 Å². The summed E-state index contributed by atoms with van der Waals surface area (Å²) in [7, 11) is 0. The third-order valence-corrected chi connectivity index (χ3v) is 3.82. The molecule has 1 aromatic carbocycles. The Kier molecular flexibility index (Phi) is 4.46. The minimum Gasteiger partial charge on any atom is -0.305 e. The lowest BCUT2D eigenvalue weighted by Crippen LogP contribution is -2.13. The van der Waals surface area contributed by atoms with Crippen molar-refractivity contribution in [1.29, 1.82) is 0 Å². The van der Waals surface area contributed by atoms with E-state index in [-0.39, 0.29) is 5.91 Å². The molecule has 6 heteroatoms. The van der Waals surface area contributed by atoms with Crippen LogP contribution in [0.5, 0.6) is 0 Å². The summed E-state index contributed by atoms with van der Waals surface area (Å²) in [5, 5.41) is 11.5. The zero-order chi connectivity index (χ0) is 17.1. The maximum atomic E-state index is 12.4. The van der Waals surface area contributed by atoms with E-state index in [9.17, 15) is 4.79 Å². The molecule has 1 amide bonds. The van der Waals surface area contributed by atoms with Crippen molar-refractivity contribution in [3.63, 3.8) is 0 Å². The first-order chi connectivity index (χ1) is 11.5. The zero-order valence-corrected chi connectivity index (χ0v) is 14.2. The molecular weight excluding hydrogens is 302 g/mol. The van der Waals surface area contributed by atoms with Crippen LogP contribution in [0.1, 0.15) is 34.1 Å². The Morgan fingerprint density at radius 2 is 2.00 bits per heavy atom. The Hall–Kier alpha value is -2.89. The number of hydrogen-bond donors (Lipinski definition) is 1. The second-order valence-electron chi connectivity index (χ2n) is 5.83. The highest BCUT2D eigenvalue weighted by Crippen LogP contribution is 2.11. The minimum absolute atomic E-state index is 0.187. The highest BCUT2D eigenvalue weighted by molar-refractivity contribution is 6.04. The quantitative estimate of drug-likeness (QED) is 0.785. The maximum absolute atomic E-state index is 12.4. The summed E-state index contributed by atoms with van der Waals surface area (Å²) in [5.74, 6) is 0.351. The molecule has 6 nitrogen and oxygen atoms in total. The maximum Gasteiger partial charge on any atom is 0.260 e. The Labute approximate surface area is 141 Å². The van der Waals surface area contributed by atoms with Crippen LogP contribution >= 0.6 is 0 Å². The normalized spacial score (nSPS) is 10.8. The number of hydrogen-bond acceptors (Lipinski definition) is 3. The van der Waals surface area contributed by atoms with Gasteiger partial charge in [0.1, 0.15) is 0 Å². The fourth-order valence-electron chi connectivity index (χ4n) is 2.60. The number of aryl methyl sites for hydroxylation is 3. The predicted molar refractivity (Wildman–Crippen MR) is 93.1 cm³/mol. The van der Waals surface area contributed by atoms with E-state index in [1.807, 2.05) is 30.8 Å². The molecule has 0 fully saturated rings. The third-order valence-electron chi connectivity index (χ3n) is 3.82. The van der Waals surface area contributed by atoms with Gasteiger partial charge in [0, 0.05) is 25.0 Å². The average molecular weight is 323 g/mol. The van der Waals surface area contributed by atoms with Gasteiger partial charge in [-0.1, -0.05) is 29.8 Å². The molecule has 0 aliphatic rings. The summed E-state index contributed by atoms with van der Waals surface area (Å²) in [5.41, 5.74) is 3.69. The van der Waals surface area contributed by atoms with Crippen molar-refractivity contribution >= 4 is 11.7 Å². The Morgan fingerprint density at radius 1 is 1.17 bits per heavy atom. The molecule has 0 atom stereocenters. The molecule has 24 heavy (non-hydrogen) atoms. The van der Waals surface area contributed by atoms with Gasteiger partial charge in [0.2, 0.25) is 0 Å². The topological polar surface area (TPSA) is 64.7 Å². The van der Waals surface area contributed by atoms with Gasteiger partial charge in [-0.05, 0) is 26.3 Å². The lowest BCUT2D eigenvalue weighted by molar-refractivity contribution is 0.102. The minimum atomic E-state index is -0.187. The zero-order valence-electron chi connectivity index (χ0n) is 14.2. The van der Waals surface area contributed by atoms with Crippen LogP contribution in [-0.4, -0.2) is 25.5 Å². The Balaban J connectivity index is 1.69. The fourth-order valence-corrected chi connectivity index (χ4v) is 2.60. The van der Waals surface area contributed by atoms with Crippen LogP contribution in [0.2, 0.25) is 0 Å². The fraction of sp³-hybridized carbons (Fsp3) is 0.278. The SMILES string of the molecule is CCn1cc(C(=O)Nc2ccn(Cc3cccc(C)c3)n2)c(C)n1. The van der Waals surface area contributed by atoms with E-state index in [1.165, 1.54) is 11.1 Å². The Morgan fingerprint density at radius 3 is 2.71 bits per heavy atom.